The van der Waals surface area contributed by atoms with E-state index in [0.717, 1.165) is 33.8 Å². The predicted octanol–water partition coefficient (Wildman–Crippen LogP) is 6.48. The molecule has 0 aromatic heterocycles. The van der Waals surface area contributed by atoms with Crippen molar-refractivity contribution in [2.45, 2.75) is 44.8 Å². The Labute approximate surface area is 223 Å². The van der Waals surface area contributed by atoms with Gasteiger partial charge in [-0.2, -0.15) is 0 Å². The van der Waals surface area contributed by atoms with Crippen LogP contribution in [0.3, 0.4) is 0 Å². The van der Waals surface area contributed by atoms with E-state index in [1.165, 1.54) is 0 Å². The fraction of sp³-hybridized carbons (Fsp3) is 0.323. The normalized spacial score (nSPS) is 18.5. The van der Waals surface area contributed by atoms with Gasteiger partial charge in [0.25, 0.3) is 0 Å². The Morgan fingerprint density at radius 3 is 2.11 bits per heavy atom. The van der Waals surface area contributed by atoms with Gasteiger partial charge in [-0.1, -0.05) is 24.3 Å². The summed E-state index contributed by atoms with van der Waals surface area (Å²) in [4.78, 5) is 13.9. The molecule has 0 spiro atoms. The van der Waals surface area contributed by atoms with Crippen LogP contribution >= 0.6 is 0 Å². The summed E-state index contributed by atoms with van der Waals surface area (Å²) in [6.45, 7) is 3.96. The number of fused-ring (bicyclic) bond motifs is 1. The molecule has 0 saturated heterocycles. The van der Waals surface area contributed by atoms with Crippen molar-refractivity contribution in [3.05, 3.63) is 83.1 Å². The van der Waals surface area contributed by atoms with Crippen molar-refractivity contribution < 1.29 is 23.7 Å². The van der Waals surface area contributed by atoms with Gasteiger partial charge in [-0.05, 0) is 73.7 Å². The summed E-state index contributed by atoms with van der Waals surface area (Å²) in [5, 5.41) is 7.22. The number of methoxy groups -OCH3 is 3. The van der Waals surface area contributed by atoms with Gasteiger partial charge in [0.1, 0.15) is 0 Å². The Morgan fingerprint density at radius 1 is 0.763 bits per heavy atom. The zero-order valence-electron chi connectivity index (χ0n) is 22.5. The van der Waals surface area contributed by atoms with Crippen LogP contribution in [0, 0.1) is 0 Å². The van der Waals surface area contributed by atoms with Gasteiger partial charge < -0.3 is 29.6 Å². The first-order chi connectivity index (χ1) is 18.4. The zero-order chi connectivity index (χ0) is 26.8. The van der Waals surface area contributed by atoms with E-state index < -0.39 is 0 Å². The highest BCUT2D eigenvalue weighted by molar-refractivity contribution is 6.01. The van der Waals surface area contributed by atoms with Crippen LogP contribution < -0.4 is 29.6 Å². The van der Waals surface area contributed by atoms with Gasteiger partial charge in [0, 0.05) is 17.7 Å². The van der Waals surface area contributed by atoms with E-state index in [-0.39, 0.29) is 23.8 Å². The first kappa shape index (κ1) is 25.5. The number of carbonyl (C=O) groups excluding carboxylic acids is 1. The summed E-state index contributed by atoms with van der Waals surface area (Å²) < 4.78 is 22.5. The average molecular weight is 515 g/mol. The number of anilines is 2. The minimum Gasteiger partial charge on any atom is -0.493 e. The first-order valence-electron chi connectivity index (χ1n) is 12.9. The molecular formula is C31H34N2O5. The van der Waals surface area contributed by atoms with Crippen LogP contribution in [0.2, 0.25) is 0 Å². The molecule has 2 N–H and O–H groups in total. The number of hydrogen-bond acceptors (Lipinski definition) is 7. The van der Waals surface area contributed by atoms with E-state index in [1.54, 1.807) is 21.3 Å². The lowest BCUT2D eigenvalue weighted by Gasteiger charge is -2.30. The molecule has 0 bridgehead atoms. The molecule has 0 radical (unpaired) electrons. The van der Waals surface area contributed by atoms with E-state index >= 15 is 0 Å². The molecule has 2 unspecified atom stereocenters. The van der Waals surface area contributed by atoms with E-state index in [2.05, 4.69) is 10.6 Å². The number of nitrogens with one attached hydrogen (secondary N) is 2. The number of Topliss-reactive ketones (excluding diaryl/α,β-unsaturated/α-hetero) is 1. The number of hydrogen-bond donors (Lipinski definition) is 2. The highest BCUT2D eigenvalue weighted by Crippen LogP contribution is 2.46. The summed E-state index contributed by atoms with van der Waals surface area (Å²) >= 11 is 0. The molecule has 1 aliphatic heterocycles. The molecular weight excluding hydrogens is 480 g/mol. The second-order valence-electron chi connectivity index (χ2n) is 9.86. The molecule has 38 heavy (non-hydrogen) atoms. The molecule has 0 amide bonds. The fourth-order valence-corrected chi connectivity index (χ4v) is 5.30. The zero-order valence-corrected chi connectivity index (χ0v) is 22.5. The Bertz CT molecular complexity index is 1380. The number of carbonyl (C=O) groups is 1. The highest BCUT2D eigenvalue weighted by Gasteiger charge is 2.36. The number of para-hydroxylation sites is 2. The predicted molar refractivity (Wildman–Crippen MR) is 149 cm³/mol. The van der Waals surface area contributed by atoms with Crippen LogP contribution in [0.15, 0.2) is 71.9 Å². The number of rotatable bonds is 7. The van der Waals surface area contributed by atoms with Crippen molar-refractivity contribution in [1.29, 1.82) is 0 Å². The number of allylic oxidation sites excluding steroid dienone is 1. The topological polar surface area (TPSA) is 78.1 Å². The SMILES string of the molecule is COc1ccc(C2CC(=O)C3=C(C2)Nc2ccccc2NC3c2ccc(OC(C)C)c(OC)c2)cc1OC. The lowest BCUT2D eigenvalue weighted by atomic mass is 9.78. The third-order valence-electron chi connectivity index (χ3n) is 7.07. The van der Waals surface area contributed by atoms with Gasteiger partial charge >= 0.3 is 0 Å². The Kier molecular flexibility index (Phi) is 7.18. The standard InChI is InChI=1S/C31H34N2O5/c1-18(2)38-27-13-11-20(17-29(27)37-5)31-30-24(32-22-8-6-7-9-23(22)33-31)14-21(15-25(30)34)19-10-12-26(35-3)28(16-19)36-4/h6-13,16-18,21,31-33H,14-15H2,1-5H3. The van der Waals surface area contributed by atoms with Crippen molar-refractivity contribution in [2.24, 2.45) is 0 Å². The Balaban J connectivity index is 1.57. The minimum absolute atomic E-state index is 0.0100. The molecule has 198 valence electrons. The molecule has 1 heterocycles. The number of ketones is 1. The molecule has 1 aliphatic carbocycles. The van der Waals surface area contributed by atoms with Crippen molar-refractivity contribution in [3.63, 3.8) is 0 Å². The second kappa shape index (κ2) is 10.7. The highest BCUT2D eigenvalue weighted by atomic mass is 16.5. The molecule has 0 fully saturated rings. The van der Waals surface area contributed by atoms with Gasteiger partial charge in [0.05, 0.1) is 44.8 Å². The van der Waals surface area contributed by atoms with Crippen molar-refractivity contribution in [3.8, 4) is 23.0 Å². The molecule has 7 heteroatoms. The maximum atomic E-state index is 13.9. The van der Waals surface area contributed by atoms with E-state index in [0.29, 0.717) is 35.8 Å². The Hall–Kier alpha value is -4.13. The van der Waals surface area contributed by atoms with Crippen LogP contribution in [-0.2, 0) is 4.79 Å². The van der Waals surface area contributed by atoms with Gasteiger partial charge in [0.2, 0.25) is 0 Å². The van der Waals surface area contributed by atoms with Gasteiger partial charge in [-0.15, -0.1) is 0 Å². The van der Waals surface area contributed by atoms with Crippen LogP contribution in [0.4, 0.5) is 11.4 Å². The van der Waals surface area contributed by atoms with Gasteiger partial charge in [-0.3, -0.25) is 4.79 Å². The summed E-state index contributed by atoms with van der Waals surface area (Å²) in [5.41, 5.74) is 5.52. The summed E-state index contributed by atoms with van der Waals surface area (Å²) in [6, 6.07) is 19.5. The number of benzene rings is 3. The average Bonchev–Trinajstić information content (AvgIpc) is 3.09. The second-order valence-corrected chi connectivity index (χ2v) is 9.86. The Morgan fingerprint density at radius 2 is 1.39 bits per heavy atom. The smallest absolute Gasteiger partial charge is 0.163 e. The summed E-state index contributed by atoms with van der Waals surface area (Å²) in [5.74, 6) is 2.75. The maximum Gasteiger partial charge on any atom is 0.163 e. The lowest BCUT2D eigenvalue weighted by Crippen LogP contribution is -2.27. The third kappa shape index (κ3) is 4.88. The lowest BCUT2D eigenvalue weighted by molar-refractivity contribution is -0.116. The molecule has 2 atom stereocenters. The van der Waals surface area contributed by atoms with Crippen LogP contribution in [0.5, 0.6) is 23.0 Å². The largest absolute Gasteiger partial charge is 0.493 e. The van der Waals surface area contributed by atoms with Crippen LogP contribution in [0.1, 0.15) is 49.8 Å². The van der Waals surface area contributed by atoms with Gasteiger partial charge in [-0.25, -0.2) is 0 Å². The molecule has 5 rings (SSSR count). The minimum atomic E-state index is -0.345. The molecule has 2 aliphatic rings. The molecule has 3 aromatic carbocycles. The summed E-state index contributed by atoms with van der Waals surface area (Å²) in [7, 11) is 4.88. The monoisotopic (exact) mass is 514 g/mol. The molecule has 0 saturated carbocycles. The van der Waals surface area contributed by atoms with E-state index in [9.17, 15) is 4.79 Å². The maximum absolute atomic E-state index is 13.9. The fourth-order valence-electron chi connectivity index (χ4n) is 5.30. The first-order valence-corrected chi connectivity index (χ1v) is 12.9. The van der Waals surface area contributed by atoms with Crippen LogP contribution in [0.25, 0.3) is 0 Å². The van der Waals surface area contributed by atoms with E-state index in [4.69, 9.17) is 18.9 Å². The third-order valence-corrected chi connectivity index (χ3v) is 7.07. The van der Waals surface area contributed by atoms with Crippen molar-refractivity contribution >= 4 is 17.2 Å². The van der Waals surface area contributed by atoms with Crippen molar-refractivity contribution in [2.75, 3.05) is 32.0 Å². The van der Waals surface area contributed by atoms with E-state index in [1.807, 2.05) is 74.5 Å². The molecule has 7 nitrogen and oxygen atoms in total. The van der Waals surface area contributed by atoms with Crippen molar-refractivity contribution in [1.82, 2.24) is 0 Å². The van der Waals surface area contributed by atoms with Crippen LogP contribution in [-0.4, -0.2) is 33.2 Å². The summed E-state index contributed by atoms with van der Waals surface area (Å²) in [6.07, 6.45) is 1.11. The quantitative estimate of drug-likeness (QED) is 0.374. The molecule has 3 aromatic rings. The number of ether oxygens (including phenoxy) is 4. The van der Waals surface area contributed by atoms with Gasteiger partial charge in [0.15, 0.2) is 28.8 Å².